The van der Waals surface area contributed by atoms with Crippen molar-refractivity contribution in [2.45, 2.75) is 6.92 Å². The minimum Gasteiger partial charge on any atom is -0.334 e. The molecule has 1 aromatic carbocycles. The molecule has 0 radical (unpaired) electrons. The van der Waals surface area contributed by atoms with Gasteiger partial charge in [-0.2, -0.15) is 4.98 Å². The highest BCUT2D eigenvalue weighted by Crippen LogP contribution is 2.24. The molecule has 2 heterocycles. The van der Waals surface area contributed by atoms with Gasteiger partial charge in [0.2, 0.25) is 15.8 Å². The number of benzene rings is 1. The topological polar surface area (TPSA) is 98.0 Å². The molecule has 0 saturated carbocycles. The predicted octanol–water partition coefficient (Wildman–Crippen LogP) is 3.32. The van der Waals surface area contributed by atoms with Crippen LogP contribution in [0.15, 0.2) is 51.7 Å². The van der Waals surface area contributed by atoms with Gasteiger partial charge in [0, 0.05) is 28.1 Å². The second-order valence-electron chi connectivity index (χ2n) is 4.90. The normalized spacial score (nSPS) is 11.4. The molecule has 0 fully saturated rings. The average Bonchev–Trinajstić information content (AvgIpc) is 3.05. The second kappa shape index (κ2) is 6.70. The lowest BCUT2D eigenvalue weighted by molar-refractivity contribution is 0.432. The summed E-state index contributed by atoms with van der Waals surface area (Å²) in [4.78, 5) is 8.39. The van der Waals surface area contributed by atoms with Crippen molar-refractivity contribution in [3.8, 4) is 22.8 Å². The van der Waals surface area contributed by atoms with E-state index in [0.717, 1.165) is 4.47 Å². The SMILES string of the molecule is CCS(=O)(=O)Nc1ccc(-c2noc(-c3cncc(Br)c3)n2)cc1. The summed E-state index contributed by atoms with van der Waals surface area (Å²) in [6, 6.07) is 8.58. The van der Waals surface area contributed by atoms with E-state index < -0.39 is 10.0 Å². The number of pyridine rings is 1. The van der Waals surface area contributed by atoms with E-state index in [4.69, 9.17) is 4.52 Å². The third-order valence-electron chi connectivity index (χ3n) is 3.17. The molecule has 3 rings (SSSR count). The number of rotatable bonds is 5. The van der Waals surface area contributed by atoms with Crippen molar-refractivity contribution in [3.05, 3.63) is 47.2 Å². The van der Waals surface area contributed by atoms with Crippen molar-refractivity contribution < 1.29 is 12.9 Å². The van der Waals surface area contributed by atoms with Crippen molar-refractivity contribution in [1.82, 2.24) is 15.1 Å². The van der Waals surface area contributed by atoms with Gasteiger partial charge in [0.25, 0.3) is 5.89 Å². The molecule has 24 heavy (non-hydrogen) atoms. The highest BCUT2D eigenvalue weighted by molar-refractivity contribution is 9.10. The minimum atomic E-state index is -3.30. The van der Waals surface area contributed by atoms with E-state index >= 15 is 0 Å². The van der Waals surface area contributed by atoms with Crippen LogP contribution in [0.25, 0.3) is 22.8 Å². The van der Waals surface area contributed by atoms with E-state index in [9.17, 15) is 8.42 Å². The zero-order chi connectivity index (χ0) is 17.2. The van der Waals surface area contributed by atoms with Crippen LogP contribution in [0.1, 0.15) is 6.92 Å². The van der Waals surface area contributed by atoms with Crippen LogP contribution in [0, 0.1) is 0 Å². The molecule has 124 valence electrons. The lowest BCUT2D eigenvalue weighted by atomic mass is 10.2. The number of sulfonamides is 1. The highest BCUT2D eigenvalue weighted by atomic mass is 79.9. The fourth-order valence-corrected chi connectivity index (χ4v) is 2.93. The van der Waals surface area contributed by atoms with Gasteiger partial charge < -0.3 is 4.52 Å². The Bertz CT molecular complexity index is 955. The van der Waals surface area contributed by atoms with Gasteiger partial charge in [0.05, 0.1) is 11.3 Å². The van der Waals surface area contributed by atoms with Gasteiger partial charge in [0.1, 0.15) is 0 Å². The number of nitrogens with one attached hydrogen (secondary N) is 1. The van der Waals surface area contributed by atoms with Crippen LogP contribution in [0.2, 0.25) is 0 Å². The van der Waals surface area contributed by atoms with Gasteiger partial charge in [-0.15, -0.1) is 0 Å². The molecule has 1 N–H and O–H groups in total. The fraction of sp³-hybridized carbons (Fsp3) is 0.133. The van der Waals surface area contributed by atoms with Crippen molar-refractivity contribution in [2.24, 2.45) is 0 Å². The van der Waals surface area contributed by atoms with E-state index in [0.29, 0.717) is 28.5 Å². The predicted molar refractivity (Wildman–Crippen MR) is 93.7 cm³/mol. The monoisotopic (exact) mass is 408 g/mol. The van der Waals surface area contributed by atoms with Gasteiger partial charge in [-0.3, -0.25) is 9.71 Å². The smallest absolute Gasteiger partial charge is 0.259 e. The largest absolute Gasteiger partial charge is 0.334 e. The molecule has 0 aliphatic carbocycles. The van der Waals surface area contributed by atoms with E-state index in [2.05, 4.69) is 35.8 Å². The molecule has 2 aromatic heterocycles. The molecule has 0 aliphatic rings. The second-order valence-corrected chi connectivity index (χ2v) is 7.82. The first kappa shape index (κ1) is 16.6. The average molecular weight is 409 g/mol. The van der Waals surface area contributed by atoms with Crippen molar-refractivity contribution in [3.63, 3.8) is 0 Å². The summed E-state index contributed by atoms with van der Waals surface area (Å²) < 4.78 is 31.6. The zero-order valence-corrected chi connectivity index (χ0v) is 15.0. The Kier molecular flexibility index (Phi) is 4.63. The van der Waals surface area contributed by atoms with Crippen LogP contribution < -0.4 is 4.72 Å². The summed E-state index contributed by atoms with van der Waals surface area (Å²) in [5.74, 6) is 0.785. The Morgan fingerprint density at radius 2 is 1.92 bits per heavy atom. The molecule has 7 nitrogen and oxygen atoms in total. The summed E-state index contributed by atoms with van der Waals surface area (Å²) in [7, 11) is -3.30. The van der Waals surface area contributed by atoms with Crippen LogP contribution in [-0.2, 0) is 10.0 Å². The first-order chi connectivity index (χ1) is 11.5. The lowest BCUT2D eigenvalue weighted by Crippen LogP contribution is -2.14. The maximum absolute atomic E-state index is 11.6. The summed E-state index contributed by atoms with van der Waals surface area (Å²) in [6.45, 7) is 1.58. The lowest BCUT2D eigenvalue weighted by Gasteiger charge is -2.05. The molecular formula is C15H13BrN4O3S. The number of hydrogen-bond acceptors (Lipinski definition) is 6. The molecule has 0 spiro atoms. The van der Waals surface area contributed by atoms with Crippen molar-refractivity contribution in [2.75, 3.05) is 10.5 Å². The van der Waals surface area contributed by atoms with Gasteiger partial charge in [-0.25, -0.2) is 8.42 Å². The van der Waals surface area contributed by atoms with E-state index in [1.54, 1.807) is 43.6 Å². The van der Waals surface area contributed by atoms with Crippen LogP contribution in [-0.4, -0.2) is 29.3 Å². The Morgan fingerprint density at radius 1 is 1.17 bits per heavy atom. The van der Waals surface area contributed by atoms with Gasteiger partial charge in [0.15, 0.2) is 0 Å². The maximum atomic E-state index is 11.6. The Balaban J connectivity index is 1.83. The molecule has 9 heteroatoms. The molecule has 0 bridgehead atoms. The Morgan fingerprint density at radius 3 is 2.58 bits per heavy atom. The number of halogens is 1. The summed E-state index contributed by atoms with van der Waals surface area (Å²) in [5, 5.41) is 3.95. The minimum absolute atomic E-state index is 0.0175. The Hall–Kier alpha value is -2.26. The van der Waals surface area contributed by atoms with Gasteiger partial charge >= 0.3 is 0 Å². The molecule has 0 atom stereocenters. The zero-order valence-electron chi connectivity index (χ0n) is 12.6. The van der Waals surface area contributed by atoms with E-state index in [-0.39, 0.29) is 5.75 Å². The number of anilines is 1. The molecular weight excluding hydrogens is 396 g/mol. The summed E-state index contributed by atoms with van der Waals surface area (Å²) >= 11 is 3.34. The van der Waals surface area contributed by atoms with E-state index in [1.165, 1.54) is 0 Å². The molecule has 0 unspecified atom stereocenters. The van der Waals surface area contributed by atoms with Crippen LogP contribution in [0.5, 0.6) is 0 Å². The number of hydrogen-bond donors (Lipinski definition) is 1. The summed E-state index contributed by atoms with van der Waals surface area (Å²) in [6.07, 6.45) is 3.29. The van der Waals surface area contributed by atoms with Crippen molar-refractivity contribution >= 4 is 31.6 Å². The summed E-state index contributed by atoms with van der Waals surface area (Å²) in [5.41, 5.74) is 1.91. The molecule has 0 saturated heterocycles. The fourth-order valence-electron chi connectivity index (χ4n) is 1.93. The maximum Gasteiger partial charge on any atom is 0.259 e. The van der Waals surface area contributed by atoms with Crippen LogP contribution >= 0.6 is 15.9 Å². The first-order valence-corrected chi connectivity index (χ1v) is 9.47. The third kappa shape index (κ3) is 3.80. The third-order valence-corrected chi connectivity index (χ3v) is 4.91. The molecule has 0 amide bonds. The standard InChI is InChI=1S/C15H13BrN4O3S/c1-2-24(21,22)20-13-5-3-10(4-6-13)14-18-15(23-19-14)11-7-12(16)9-17-8-11/h3-9,20H,2H2,1H3. The van der Waals surface area contributed by atoms with Crippen molar-refractivity contribution in [1.29, 1.82) is 0 Å². The van der Waals surface area contributed by atoms with Crippen LogP contribution in [0.4, 0.5) is 5.69 Å². The van der Waals surface area contributed by atoms with Crippen LogP contribution in [0.3, 0.4) is 0 Å². The van der Waals surface area contributed by atoms with E-state index in [1.807, 2.05) is 6.07 Å². The highest BCUT2D eigenvalue weighted by Gasteiger charge is 2.12. The first-order valence-electron chi connectivity index (χ1n) is 7.02. The van der Waals surface area contributed by atoms with Gasteiger partial charge in [-0.05, 0) is 53.2 Å². The quantitative estimate of drug-likeness (QED) is 0.694. The van der Waals surface area contributed by atoms with Gasteiger partial charge in [-0.1, -0.05) is 5.16 Å². The molecule has 3 aromatic rings. The molecule has 0 aliphatic heterocycles. The Labute approximate surface area is 147 Å². The number of aromatic nitrogens is 3. The number of nitrogens with zero attached hydrogens (tertiary/aromatic N) is 3.